The van der Waals surface area contributed by atoms with Crippen LogP contribution in [0, 0.1) is 5.41 Å². The molecule has 1 aromatic rings. The molecule has 1 aliphatic heterocycles. The SMILES string of the molecule is CCN1C(=O)C(C)(C)C(=O)N(C)c2cc(CCCN)ccc21. The highest BCUT2D eigenvalue weighted by atomic mass is 16.2. The van der Waals surface area contributed by atoms with E-state index in [9.17, 15) is 9.59 Å². The number of carbonyl (C=O) groups is 2. The summed E-state index contributed by atoms with van der Waals surface area (Å²) in [6.07, 6.45) is 1.77. The zero-order valence-electron chi connectivity index (χ0n) is 13.8. The topological polar surface area (TPSA) is 66.6 Å². The van der Waals surface area contributed by atoms with Crippen LogP contribution in [0.3, 0.4) is 0 Å². The predicted octanol–water partition coefficient (Wildman–Crippen LogP) is 1.93. The molecule has 0 fully saturated rings. The van der Waals surface area contributed by atoms with Crippen molar-refractivity contribution < 1.29 is 9.59 Å². The third-order valence-electron chi connectivity index (χ3n) is 4.30. The maximum absolute atomic E-state index is 12.7. The summed E-state index contributed by atoms with van der Waals surface area (Å²) in [5.41, 5.74) is 7.23. The van der Waals surface area contributed by atoms with Crippen LogP contribution in [0.25, 0.3) is 0 Å². The molecule has 22 heavy (non-hydrogen) atoms. The van der Waals surface area contributed by atoms with Gasteiger partial charge in [0.1, 0.15) is 5.41 Å². The molecule has 5 nitrogen and oxygen atoms in total. The van der Waals surface area contributed by atoms with E-state index in [-0.39, 0.29) is 11.8 Å². The third-order valence-corrected chi connectivity index (χ3v) is 4.30. The van der Waals surface area contributed by atoms with Crippen LogP contribution in [-0.4, -0.2) is 32.0 Å². The van der Waals surface area contributed by atoms with Gasteiger partial charge in [0.05, 0.1) is 11.4 Å². The highest BCUT2D eigenvalue weighted by molar-refractivity contribution is 6.19. The standard InChI is InChI=1S/C17H25N3O2/c1-5-20-13-9-8-12(7-6-10-18)11-14(13)19(4)15(21)17(2,3)16(20)22/h8-9,11H,5-7,10,18H2,1-4H3. The fourth-order valence-corrected chi connectivity index (χ4v) is 2.91. The van der Waals surface area contributed by atoms with Crippen molar-refractivity contribution in [3.05, 3.63) is 23.8 Å². The molecule has 0 saturated carbocycles. The summed E-state index contributed by atoms with van der Waals surface area (Å²) in [7, 11) is 1.74. The average molecular weight is 303 g/mol. The van der Waals surface area contributed by atoms with Gasteiger partial charge in [0.15, 0.2) is 0 Å². The molecule has 1 aliphatic rings. The van der Waals surface area contributed by atoms with Gasteiger partial charge in [-0.25, -0.2) is 0 Å². The molecule has 2 rings (SSSR count). The van der Waals surface area contributed by atoms with Gasteiger partial charge in [0.2, 0.25) is 11.8 Å². The van der Waals surface area contributed by atoms with Gasteiger partial charge in [-0.1, -0.05) is 6.07 Å². The van der Waals surface area contributed by atoms with E-state index in [0.717, 1.165) is 29.8 Å². The van der Waals surface area contributed by atoms with Crippen molar-refractivity contribution in [3.63, 3.8) is 0 Å². The Kier molecular flexibility index (Phi) is 4.56. The zero-order chi connectivity index (χ0) is 16.5. The Morgan fingerprint density at radius 3 is 2.41 bits per heavy atom. The average Bonchev–Trinajstić information content (AvgIpc) is 2.56. The molecular formula is C17H25N3O2. The van der Waals surface area contributed by atoms with Crippen LogP contribution in [-0.2, 0) is 16.0 Å². The van der Waals surface area contributed by atoms with Gasteiger partial charge < -0.3 is 15.5 Å². The van der Waals surface area contributed by atoms with E-state index < -0.39 is 5.41 Å². The molecule has 0 atom stereocenters. The van der Waals surface area contributed by atoms with Crippen LogP contribution < -0.4 is 15.5 Å². The lowest BCUT2D eigenvalue weighted by atomic mass is 9.90. The molecule has 2 N–H and O–H groups in total. The number of amides is 2. The quantitative estimate of drug-likeness (QED) is 0.864. The molecule has 0 unspecified atom stereocenters. The second-order valence-electron chi connectivity index (χ2n) is 6.25. The Hall–Kier alpha value is -1.88. The molecule has 1 heterocycles. The summed E-state index contributed by atoms with van der Waals surface area (Å²) in [6, 6.07) is 5.95. The molecule has 0 spiro atoms. The number of fused-ring (bicyclic) bond motifs is 1. The second kappa shape index (κ2) is 6.08. The zero-order valence-corrected chi connectivity index (χ0v) is 13.8. The van der Waals surface area contributed by atoms with Crippen molar-refractivity contribution in [2.45, 2.75) is 33.6 Å². The van der Waals surface area contributed by atoms with Crippen LogP contribution in [0.5, 0.6) is 0 Å². The minimum absolute atomic E-state index is 0.152. The number of carbonyl (C=O) groups excluding carboxylic acids is 2. The van der Waals surface area contributed by atoms with Crippen molar-refractivity contribution in [1.82, 2.24) is 0 Å². The smallest absolute Gasteiger partial charge is 0.242 e. The minimum atomic E-state index is -1.05. The van der Waals surface area contributed by atoms with Gasteiger partial charge in [0.25, 0.3) is 0 Å². The number of hydrogen-bond donors (Lipinski definition) is 1. The van der Waals surface area contributed by atoms with E-state index in [2.05, 4.69) is 0 Å². The maximum Gasteiger partial charge on any atom is 0.242 e. The van der Waals surface area contributed by atoms with Crippen molar-refractivity contribution >= 4 is 23.2 Å². The Morgan fingerprint density at radius 2 is 1.82 bits per heavy atom. The molecule has 0 saturated heterocycles. The summed E-state index contributed by atoms with van der Waals surface area (Å²) in [5, 5.41) is 0. The summed E-state index contributed by atoms with van der Waals surface area (Å²) in [5.74, 6) is -0.328. The third kappa shape index (κ3) is 2.61. The molecule has 0 aromatic heterocycles. The number of anilines is 2. The summed E-state index contributed by atoms with van der Waals surface area (Å²) in [4.78, 5) is 28.7. The highest BCUT2D eigenvalue weighted by Crippen LogP contribution is 2.38. The summed E-state index contributed by atoms with van der Waals surface area (Å²) in [6.45, 7) is 6.49. The van der Waals surface area contributed by atoms with Crippen LogP contribution in [0.15, 0.2) is 18.2 Å². The van der Waals surface area contributed by atoms with Gasteiger partial charge in [-0.3, -0.25) is 9.59 Å². The predicted molar refractivity (Wildman–Crippen MR) is 89.0 cm³/mol. The fourth-order valence-electron chi connectivity index (χ4n) is 2.91. The number of hydrogen-bond acceptors (Lipinski definition) is 3. The van der Waals surface area contributed by atoms with E-state index in [1.165, 1.54) is 0 Å². The molecule has 1 aromatic carbocycles. The first-order chi connectivity index (χ1) is 10.3. The summed E-state index contributed by atoms with van der Waals surface area (Å²) >= 11 is 0. The fraction of sp³-hybridized carbons (Fsp3) is 0.529. The number of benzene rings is 1. The van der Waals surface area contributed by atoms with Crippen LogP contribution >= 0.6 is 0 Å². The van der Waals surface area contributed by atoms with Gasteiger partial charge in [-0.05, 0) is 57.9 Å². The van der Waals surface area contributed by atoms with Crippen molar-refractivity contribution in [2.75, 3.05) is 29.9 Å². The number of nitrogens with zero attached hydrogens (tertiary/aromatic N) is 2. The molecule has 2 amide bonds. The molecule has 0 aliphatic carbocycles. The lowest BCUT2D eigenvalue weighted by molar-refractivity contribution is -0.137. The van der Waals surface area contributed by atoms with Crippen LogP contribution in [0.4, 0.5) is 11.4 Å². The lowest BCUT2D eigenvalue weighted by Crippen LogP contribution is -2.47. The Balaban J connectivity index is 2.55. The Bertz CT molecular complexity index is 596. The van der Waals surface area contributed by atoms with E-state index in [4.69, 9.17) is 5.73 Å². The van der Waals surface area contributed by atoms with Gasteiger partial charge in [-0.15, -0.1) is 0 Å². The van der Waals surface area contributed by atoms with Gasteiger partial charge >= 0.3 is 0 Å². The van der Waals surface area contributed by atoms with E-state index in [1.54, 1.807) is 30.7 Å². The van der Waals surface area contributed by atoms with Gasteiger partial charge in [-0.2, -0.15) is 0 Å². The number of aryl methyl sites for hydroxylation is 1. The first-order valence-electron chi connectivity index (χ1n) is 7.77. The molecular weight excluding hydrogens is 278 g/mol. The molecule has 0 bridgehead atoms. The van der Waals surface area contributed by atoms with Crippen LogP contribution in [0.1, 0.15) is 32.8 Å². The first-order valence-corrected chi connectivity index (χ1v) is 7.77. The normalized spacial score (nSPS) is 17.5. The van der Waals surface area contributed by atoms with Crippen molar-refractivity contribution in [2.24, 2.45) is 11.1 Å². The maximum atomic E-state index is 12.7. The molecule has 5 heteroatoms. The lowest BCUT2D eigenvalue weighted by Gasteiger charge is -2.27. The second-order valence-corrected chi connectivity index (χ2v) is 6.25. The van der Waals surface area contributed by atoms with Crippen LogP contribution in [0.2, 0.25) is 0 Å². The number of rotatable bonds is 4. The van der Waals surface area contributed by atoms with Crippen molar-refractivity contribution in [1.29, 1.82) is 0 Å². The van der Waals surface area contributed by atoms with Crippen molar-refractivity contribution in [3.8, 4) is 0 Å². The monoisotopic (exact) mass is 303 g/mol. The highest BCUT2D eigenvalue weighted by Gasteiger charge is 2.45. The number of nitrogens with two attached hydrogens (primary N) is 1. The summed E-state index contributed by atoms with van der Waals surface area (Å²) < 4.78 is 0. The van der Waals surface area contributed by atoms with E-state index >= 15 is 0 Å². The van der Waals surface area contributed by atoms with Gasteiger partial charge in [0, 0.05) is 13.6 Å². The Labute approximate surface area is 132 Å². The largest absolute Gasteiger partial charge is 0.330 e. The Morgan fingerprint density at radius 1 is 1.14 bits per heavy atom. The van der Waals surface area contributed by atoms with E-state index in [1.807, 2.05) is 25.1 Å². The van der Waals surface area contributed by atoms with E-state index in [0.29, 0.717) is 13.1 Å². The molecule has 0 radical (unpaired) electrons. The molecule has 120 valence electrons. The first kappa shape index (κ1) is 16.5. The minimum Gasteiger partial charge on any atom is -0.330 e.